The lowest BCUT2D eigenvalue weighted by atomic mass is 10.4. The Morgan fingerprint density at radius 1 is 1.88 bits per heavy atom. The Bertz CT molecular complexity index is 86.6. The molecular formula is C3H7NO3S. The summed E-state index contributed by atoms with van der Waals surface area (Å²) in [4.78, 5) is 9.77. The number of carbonyl (C=O) groups is 1. The van der Waals surface area contributed by atoms with Crippen LogP contribution in [0.2, 0.25) is 0 Å². The Hall–Kier alpha value is -0.260. The van der Waals surface area contributed by atoms with Crippen molar-refractivity contribution in [2.45, 2.75) is 11.8 Å². The molecular weight excluding hydrogens is 130 g/mol. The quantitative estimate of drug-likeness (QED) is 0.245. The fourth-order valence-electron chi connectivity index (χ4n) is 0.211. The number of nitrogens with one attached hydrogen (secondary N) is 1. The molecule has 0 amide bonds. The van der Waals surface area contributed by atoms with Gasteiger partial charge < -0.3 is 10.3 Å². The first-order valence-electron chi connectivity index (χ1n) is 1.96. The van der Waals surface area contributed by atoms with E-state index in [0.29, 0.717) is 0 Å². The first-order valence-corrected chi connectivity index (χ1v) is 2.48. The Labute approximate surface area is 51.9 Å². The number of thiol groups is 1. The molecule has 0 aliphatic heterocycles. The van der Waals surface area contributed by atoms with Crippen LogP contribution in [-0.4, -0.2) is 21.7 Å². The second-order valence-electron chi connectivity index (χ2n) is 1.24. The molecule has 0 rings (SSSR count). The average Bonchev–Trinajstić information content (AvgIpc) is 1.65. The van der Waals surface area contributed by atoms with Crippen LogP contribution in [0.1, 0.15) is 6.42 Å². The van der Waals surface area contributed by atoms with E-state index in [2.05, 4.69) is 12.6 Å². The van der Waals surface area contributed by atoms with E-state index in [4.69, 9.17) is 10.3 Å². The molecule has 48 valence electrons. The Morgan fingerprint density at radius 2 is 2.38 bits per heavy atom. The van der Waals surface area contributed by atoms with Gasteiger partial charge in [0, 0.05) is 0 Å². The van der Waals surface area contributed by atoms with E-state index in [1.165, 1.54) is 0 Å². The highest BCUT2D eigenvalue weighted by Gasteiger charge is 2.04. The molecule has 8 heavy (non-hydrogen) atoms. The van der Waals surface area contributed by atoms with Crippen molar-refractivity contribution in [3.63, 3.8) is 0 Å². The third-order valence-corrected chi connectivity index (χ3v) is 0.815. The molecule has 4 nitrogen and oxygen atoms in total. The highest BCUT2D eigenvalue weighted by molar-refractivity contribution is 7.80. The van der Waals surface area contributed by atoms with Crippen LogP contribution in [0.25, 0.3) is 0 Å². The zero-order valence-electron chi connectivity index (χ0n) is 4.03. The Kier molecular flexibility index (Phi) is 3.59. The topological polar surface area (TPSA) is 69.6 Å². The minimum absolute atomic E-state index is 0.195. The van der Waals surface area contributed by atoms with Crippen molar-refractivity contribution in [3.05, 3.63) is 0 Å². The van der Waals surface area contributed by atoms with Crippen molar-refractivity contribution in [1.82, 2.24) is 5.48 Å². The van der Waals surface area contributed by atoms with Crippen LogP contribution >= 0.6 is 12.6 Å². The van der Waals surface area contributed by atoms with Crippen LogP contribution in [0.3, 0.4) is 0 Å². The largest absolute Gasteiger partial charge is 0.481 e. The summed E-state index contributed by atoms with van der Waals surface area (Å²) in [6.45, 7) is 0. The molecule has 0 saturated heterocycles. The zero-order chi connectivity index (χ0) is 6.57. The zero-order valence-corrected chi connectivity index (χ0v) is 4.93. The standard InChI is InChI=1S/C3H7NO3S/c5-3(6)1-2(8)4-7/h2,4,7-8H,1H2,(H,5,6). The third kappa shape index (κ3) is 3.91. The van der Waals surface area contributed by atoms with Gasteiger partial charge >= 0.3 is 5.97 Å². The van der Waals surface area contributed by atoms with Gasteiger partial charge in [0.25, 0.3) is 0 Å². The molecule has 1 unspecified atom stereocenters. The molecule has 0 fully saturated rings. The molecule has 0 aromatic rings. The summed E-state index contributed by atoms with van der Waals surface area (Å²) in [7, 11) is 0. The maximum atomic E-state index is 9.77. The molecule has 0 saturated carbocycles. The number of carboxylic acids is 1. The summed E-state index contributed by atoms with van der Waals surface area (Å²) in [5.41, 5.74) is 1.68. The van der Waals surface area contributed by atoms with Gasteiger partial charge in [-0.2, -0.15) is 18.1 Å². The maximum absolute atomic E-state index is 9.77. The van der Waals surface area contributed by atoms with Crippen LogP contribution < -0.4 is 5.48 Å². The normalized spacial score (nSPS) is 13.2. The summed E-state index contributed by atoms with van der Waals surface area (Å²) in [6.07, 6.45) is -0.195. The lowest BCUT2D eigenvalue weighted by Gasteiger charge is -2.01. The SMILES string of the molecule is O=C(O)CC(S)NO. The monoisotopic (exact) mass is 137 g/mol. The van der Waals surface area contributed by atoms with Crippen molar-refractivity contribution in [2.24, 2.45) is 0 Å². The summed E-state index contributed by atoms with van der Waals surface area (Å²) < 4.78 is 0. The van der Waals surface area contributed by atoms with Gasteiger partial charge in [-0.1, -0.05) is 0 Å². The first kappa shape index (κ1) is 7.74. The molecule has 0 bridgehead atoms. The molecule has 0 aliphatic carbocycles. The predicted octanol–water partition coefficient (Wildman–Crippen LogP) is -0.304. The summed E-state index contributed by atoms with van der Waals surface area (Å²) in [6, 6.07) is 0. The number of aliphatic carboxylic acids is 1. The minimum atomic E-state index is -0.994. The maximum Gasteiger partial charge on any atom is 0.305 e. The molecule has 0 aromatic carbocycles. The minimum Gasteiger partial charge on any atom is -0.481 e. The Balaban J connectivity index is 3.24. The van der Waals surface area contributed by atoms with E-state index in [1.807, 2.05) is 0 Å². The van der Waals surface area contributed by atoms with Gasteiger partial charge in [0.05, 0.1) is 11.8 Å². The third-order valence-electron chi connectivity index (χ3n) is 0.517. The fraction of sp³-hybridized carbons (Fsp3) is 0.667. The highest BCUT2D eigenvalue weighted by atomic mass is 32.1. The van der Waals surface area contributed by atoms with Crippen molar-refractivity contribution in [3.8, 4) is 0 Å². The molecule has 0 aliphatic rings. The summed E-state index contributed by atoms with van der Waals surface area (Å²) in [5, 5.41) is 15.3. The van der Waals surface area contributed by atoms with Crippen molar-refractivity contribution in [1.29, 1.82) is 0 Å². The van der Waals surface area contributed by atoms with Gasteiger partial charge in [0.1, 0.15) is 0 Å². The summed E-state index contributed by atoms with van der Waals surface area (Å²) >= 11 is 3.63. The second kappa shape index (κ2) is 3.71. The van der Waals surface area contributed by atoms with Crippen molar-refractivity contribution < 1.29 is 15.1 Å². The smallest absolute Gasteiger partial charge is 0.305 e. The van der Waals surface area contributed by atoms with Gasteiger partial charge in [-0.15, -0.1) is 0 Å². The fourth-order valence-corrected chi connectivity index (χ4v) is 0.367. The molecule has 0 spiro atoms. The molecule has 5 heteroatoms. The van der Waals surface area contributed by atoms with Crippen molar-refractivity contribution in [2.75, 3.05) is 0 Å². The number of carboxylic acid groups (broad SMARTS) is 1. The summed E-state index contributed by atoms with van der Waals surface area (Å²) in [5.74, 6) is -0.994. The average molecular weight is 137 g/mol. The highest BCUT2D eigenvalue weighted by Crippen LogP contribution is 1.93. The van der Waals surface area contributed by atoms with E-state index >= 15 is 0 Å². The number of hydrogen-bond acceptors (Lipinski definition) is 4. The van der Waals surface area contributed by atoms with Crippen LogP contribution in [0.4, 0.5) is 0 Å². The van der Waals surface area contributed by atoms with E-state index in [0.717, 1.165) is 0 Å². The molecule has 0 radical (unpaired) electrons. The van der Waals surface area contributed by atoms with E-state index < -0.39 is 11.3 Å². The van der Waals surface area contributed by atoms with E-state index in [9.17, 15) is 4.79 Å². The van der Waals surface area contributed by atoms with Gasteiger partial charge in [-0.25, -0.2) is 0 Å². The van der Waals surface area contributed by atoms with Crippen LogP contribution in [0.5, 0.6) is 0 Å². The predicted molar refractivity (Wildman–Crippen MR) is 29.9 cm³/mol. The first-order chi connectivity index (χ1) is 3.66. The van der Waals surface area contributed by atoms with E-state index in [-0.39, 0.29) is 6.42 Å². The molecule has 0 heterocycles. The van der Waals surface area contributed by atoms with Crippen LogP contribution in [0.15, 0.2) is 0 Å². The molecule has 3 N–H and O–H groups in total. The number of hydroxylamine groups is 1. The number of hydrogen-bond donors (Lipinski definition) is 4. The van der Waals surface area contributed by atoms with Crippen LogP contribution in [0, 0.1) is 0 Å². The van der Waals surface area contributed by atoms with Crippen LogP contribution in [-0.2, 0) is 4.79 Å². The van der Waals surface area contributed by atoms with E-state index in [1.54, 1.807) is 5.48 Å². The van der Waals surface area contributed by atoms with Gasteiger partial charge in [-0.3, -0.25) is 4.79 Å². The lowest BCUT2D eigenvalue weighted by molar-refractivity contribution is -0.137. The second-order valence-corrected chi connectivity index (χ2v) is 1.87. The van der Waals surface area contributed by atoms with Crippen molar-refractivity contribution >= 4 is 18.6 Å². The lowest BCUT2D eigenvalue weighted by Crippen LogP contribution is -2.22. The molecule has 1 atom stereocenters. The molecule has 0 aromatic heterocycles. The Morgan fingerprint density at radius 3 is 2.50 bits per heavy atom. The number of rotatable bonds is 3. The van der Waals surface area contributed by atoms with Gasteiger partial charge in [0.15, 0.2) is 0 Å². The van der Waals surface area contributed by atoms with Gasteiger partial charge in [-0.05, 0) is 0 Å². The van der Waals surface area contributed by atoms with Gasteiger partial charge in [0.2, 0.25) is 0 Å².